The van der Waals surface area contributed by atoms with Crippen molar-refractivity contribution in [2.24, 2.45) is 5.92 Å². The van der Waals surface area contributed by atoms with E-state index in [-0.39, 0.29) is 5.78 Å². The van der Waals surface area contributed by atoms with E-state index in [0.717, 1.165) is 6.26 Å². The first-order valence-corrected chi connectivity index (χ1v) is 4.04. The van der Waals surface area contributed by atoms with Crippen molar-refractivity contribution in [1.29, 1.82) is 0 Å². The Kier molecular flexibility index (Phi) is 3.23. The quantitative estimate of drug-likeness (QED) is 0.317. The highest BCUT2D eigenvalue weighted by atomic mass is 16.5. The molecule has 1 rings (SSSR count). The molecule has 0 aliphatic carbocycles. The molecule has 1 unspecified atom stereocenters. The van der Waals surface area contributed by atoms with Crippen LogP contribution in [0.3, 0.4) is 0 Å². The Morgan fingerprint density at radius 1 is 1.64 bits per heavy atom. The number of Topliss-reactive ketones (excluding diaryl/α,β-unsaturated/α-hetero) is 1. The largest absolute Gasteiger partial charge is 0.472 e. The topological polar surface area (TPSA) is 56.5 Å². The second-order valence-corrected chi connectivity index (χ2v) is 2.70. The first-order chi connectivity index (χ1) is 6.66. The molecule has 74 valence electrons. The number of carbonyl (C=O) groups is 2. The number of rotatable bonds is 4. The minimum Gasteiger partial charge on any atom is -0.472 e. The SMILES string of the molecule is C=COC(=O)C(C)C(=O)c1ccoc1. The molecule has 14 heavy (non-hydrogen) atoms. The van der Waals surface area contributed by atoms with Crippen molar-refractivity contribution in [3.8, 4) is 0 Å². The summed E-state index contributed by atoms with van der Waals surface area (Å²) in [5.41, 5.74) is 0.360. The van der Waals surface area contributed by atoms with Crippen LogP contribution in [0, 0.1) is 5.92 Å². The standard InChI is InChI=1S/C10H10O4/c1-3-14-10(12)7(2)9(11)8-4-5-13-6-8/h3-7H,1H2,2H3. The van der Waals surface area contributed by atoms with Crippen LogP contribution >= 0.6 is 0 Å². The van der Waals surface area contributed by atoms with Crippen molar-refractivity contribution < 1.29 is 18.7 Å². The minimum absolute atomic E-state index is 0.328. The van der Waals surface area contributed by atoms with E-state index in [1.165, 1.54) is 25.5 Å². The second kappa shape index (κ2) is 4.41. The summed E-state index contributed by atoms with van der Waals surface area (Å²) >= 11 is 0. The highest BCUT2D eigenvalue weighted by Crippen LogP contribution is 2.10. The molecular formula is C10H10O4. The number of carbonyl (C=O) groups excluding carboxylic acids is 2. The summed E-state index contributed by atoms with van der Waals surface area (Å²) in [6, 6.07) is 1.50. The Hall–Kier alpha value is -1.84. The van der Waals surface area contributed by atoms with Gasteiger partial charge in [0.15, 0.2) is 5.78 Å². The number of esters is 1. The molecule has 1 aromatic heterocycles. The number of hydrogen-bond acceptors (Lipinski definition) is 4. The van der Waals surface area contributed by atoms with Crippen LogP contribution in [0.4, 0.5) is 0 Å². The molecule has 0 aliphatic rings. The summed E-state index contributed by atoms with van der Waals surface area (Å²) in [5.74, 6) is -1.79. The molecule has 0 fully saturated rings. The van der Waals surface area contributed by atoms with Crippen molar-refractivity contribution >= 4 is 11.8 Å². The smallest absolute Gasteiger partial charge is 0.321 e. The molecule has 0 saturated heterocycles. The van der Waals surface area contributed by atoms with Crippen LogP contribution in [0.15, 0.2) is 35.9 Å². The van der Waals surface area contributed by atoms with Gasteiger partial charge >= 0.3 is 5.97 Å². The number of ether oxygens (including phenoxy) is 1. The van der Waals surface area contributed by atoms with Crippen molar-refractivity contribution in [3.05, 3.63) is 37.0 Å². The third kappa shape index (κ3) is 2.10. The Balaban J connectivity index is 2.70. The van der Waals surface area contributed by atoms with Crippen LogP contribution in [0.2, 0.25) is 0 Å². The van der Waals surface area contributed by atoms with E-state index in [2.05, 4.69) is 11.3 Å². The van der Waals surface area contributed by atoms with Crippen molar-refractivity contribution in [1.82, 2.24) is 0 Å². The van der Waals surface area contributed by atoms with Gasteiger partial charge in [0.05, 0.1) is 18.1 Å². The van der Waals surface area contributed by atoms with Gasteiger partial charge in [0.2, 0.25) is 0 Å². The monoisotopic (exact) mass is 194 g/mol. The van der Waals surface area contributed by atoms with Gasteiger partial charge in [0.25, 0.3) is 0 Å². The molecule has 0 spiro atoms. The van der Waals surface area contributed by atoms with Crippen molar-refractivity contribution in [3.63, 3.8) is 0 Å². The highest BCUT2D eigenvalue weighted by molar-refractivity contribution is 6.08. The van der Waals surface area contributed by atoms with Gasteiger partial charge in [-0.25, -0.2) is 0 Å². The van der Waals surface area contributed by atoms with E-state index < -0.39 is 11.9 Å². The molecule has 4 heteroatoms. The van der Waals surface area contributed by atoms with Gasteiger partial charge in [-0.3, -0.25) is 9.59 Å². The van der Waals surface area contributed by atoms with E-state index in [1.807, 2.05) is 0 Å². The van der Waals surface area contributed by atoms with Crippen LogP contribution in [0.25, 0.3) is 0 Å². The van der Waals surface area contributed by atoms with Gasteiger partial charge in [-0.15, -0.1) is 0 Å². The van der Waals surface area contributed by atoms with Crippen LogP contribution in [-0.4, -0.2) is 11.8 Å². The molecule has 1 atom stereocenters. The van der Waals surface area contributed by atoms with Crippen LogP contribution in [0.1, 0.15) is 17.3 Å². The molecule has 0 aliphatic heterocycles. The molecule has 0 aromatic carbocycles. The fourth-order valence-electron chi connectivity index (χ4n) is 0.946. The molecule has 1 heterocycles. The Morgan fingerprint density at radius 3 is 2.86 bits per heavy atom. The molecule has 0 N–H and O–H groups in total. The molecule has 0 saturated carbocycles. The van der Waals surface area contributed by atoms with Crippen LogP contribution in [0.5, 0.6) is 0 Å². The number of furan rings is 1. The average molecular weight is 194 g/mol. The Bertz CT molecular complexity index is 337. The summed E-state index contributed by atoms with van der Waals surface area (Å²) in [6.45, 7) is 4.71. The lowest BCUT2D eigenvalue weighted by Gasteiger charge is -2.05. The fourth-order valence-corrected chi connectivity index (χ4v) is 0.946. The zero-order valence-electron chi connectivity index (χ0n) is 7.73. The maximum Gasteiger partial charge on any atom is 0.321 e. The molecule has 4 nitrogen and oxygen atoms in total. The first-order valence-electron chi connectivity index (χ1n) is 4.04. The minimum atomic E-state index is -0.842. The van der Waals surface area contributed by atoms with Crippen LogP contribution in [-0.2, 0) is 9.53 Å². The van der Waals surface area contributed by atoms with E-state index in [0.29, 0.717) is 5.56 Å². The maximum absolute atomic E-state index is 11.5. The summed E-state index contributed by atoms with van der Waals surface area (Å²) in [6.07, 6.45) is 3.67. The van der Waals surface area contributed by atoms with Gasteiger partial charge < -0.3 is 9.15 Å². The predicted molar refractivity (Wildman–Crippen MR) is 48.5 cm³/mol. The fraction of sp³-hybridized carbons (Fsp3) is 0.200. The first kappa shape index (κ1) is 10.2. The van der Waals surface area contributed by atoms with Gasteiger partial charge in [-0.1, -0.05) is 6.58 Å². The Morgan fingerprint density at radius 2 is 2.36 bits per heavy atom. The molecular weight excluding hydrogens is 184 g/mol. The van der Waals surface area contributed by atoms with Crippen LogP contribution < -0.4 is 0 Å². The lowest BCUT2D eigenvalue weighted by atomic mass is 10.0. The van der Waals surface area contributed by atoms with E-state index in [4.69, 9.17) is 4.42 Å². The summed E-state index contributed by atoms with van der Waals surface area (Å²) in [4.78, 5) is 22.7. The molecule has 0 amide bonds. The molecule has 0 radical (unpaired) electrons. The maximum atomic E-state index is 11.5. The second-order valence-electron chi connectivity index (χ2n) is 2.70. The van der Waals surface area contributed by atoms with E-state index >= 15 is 0 Å². The number of hydrogen-bond donors (Lipinski definition) is 0. The average Bonchev–Trinajstić information content (AvgIpc) is 2.68. The predicted octanol–water partition coefficient (Wildman–Crippen LogP) is 1.79. The van der Waals surface area contributed by atoms with E-state index in [1.54, 1.807) is 0 Å². The lowest BCUT2D eigenvalue weighted by Crippen LogP contribution is -2.21. The molecule has 0 bridgehead atoms. The zero-order chi connectivity index (χ0) is 10.6. The third-order valence-electron chi connectivity index (χ3n) is 1.75. The third-order valence-corrected chi connectivity index (χ3v) is 1.75. The summed E-state index contributed by atoms with van der Waals surface area (Å²) in [5, 5.41) is 0. The lowest BCUT2D eigenvalue weighted by molar-refractivity contribution is -0.140. The van der Waals surface area contributed by atoms with Gasteiger partial charge in [0, 0.05) is 0 Å². The summed E-state index contributed by atoms with van der Waals surface area (Å²) in [7, 11) is 0. The van der Waals surface area contributed by atoms with E-state index in [9.17, 15) is 9.59 Å². The van der Waals surface area contributed by atoms with Gasteiger partial charge in [-0.05, 0) is 13.0 Å². The van der Waals surface area contributed by atoms with Gasteiger partial charge in [0.1, 0.15) is 12.2 Å². The summed E-state index contributed by atoms with van der Waals surface area (Å²) < 4.78 is 9.23. The number of ketones is 1. The Labute approximate surface area is 81.2 Å². The van der Waals surface area contributed by atoms with Crippen molar-refractivity contribution in [2.75, 3.05) is 0 Å². The highest BCUT2D eigenvalue weighted by Gasteiger charge is 2.24. The normalized spacial score (nSPS) is 11.8. The molecule has 1 aromatic rings. The zero-order valence-corrected chi connectivity index (χ0v) is 7.73. The van der Waals surface area contributed by atoms with Crippen molar-refractivity contribution in [2.45, 2.75) is 6.92 Å². The van der Waals surface area contributed by atoms with Gasteiger partial charge in [-0.2, -0.15) is 0 Å².